The number of fused-ring (bicyclic) bond motifs is 1. The van der Waals surface area contributed by atoms with E-state index in [1.54, 1.807) is 12.1 Å². The van der Waals surface area contributed by atoms with Gasteiger partial charge in [0.15, 0.2) is 5.78 Å². The first-order chi connectivity index (χ1) is 12.1. The van der Waals surface area contributed by atoms with E-state index in [0.717, 1.165) is 16.5 Å². The van der Waals surface area contributed by atoms with Crippen molar-refractivity contribution in [3.8, 4) is 0 Å². The molecule has 2 heterocycles. The number of rotatable bonds is 3. The van der Waals surface area contributed by atoms with Crippen LogP contribution in [0.4, 0.5) is 0 Å². The van der Waals surface area contributed by atoms with Crippen molar-refractivity contribution in [2.45, 2.75) is 5.54 Å². The maximum Gasteiger partial charge on any atom is 0.252 e. The number of aryl methyl sites for hydroxylation is 1. The second-order valence-corrected chi connectivity index (χ2v) is 6.42. The second-order valence-electron chi connectivity index (χ2n) is 6.42. The van der Waals surface area contributed by atoms with Crippen molar-refractivity contribution < 1.29 is 9.59 Å². The third-order valence-electron chi connectivity index (χ3n) is 4.87. The maximum absolute atomic E-state index is 12.8. The van der Waals surface area contributed by atoms with Gasteiger partial charge in [-0.15, -0.1) is 0 Å². The summed E-state index contributed by atoms with van der Waals surface area (Å²) in [5, 5.41) is 7.12. The van der Waals surface area contributed by atoms with Crippen molar-refractivity contribution in [3.63, 3.8) is 0 Å². The van der Waals surface area contributed by atoms with Crippen LogP contribution in [0.2, 0.25) is 0 Å². The molecule has 2 N–H and O–H groups in total. The number of para-hydroxylation sites is 1. The first-order valence-electron chi connectivity index (χ1n) is 8.28. The maximum atomic E-state index is 12.8. The lowest BCUT2D eigenvalue weighted by molar-refractivity contribution is -0.121. The summed E-state index contributed by atoms with van der Waals surface area (Å²) in [7, 11) is 1.95. The average molecular weight is 333 g/mol. The van der Waals surface area contributed by atoms with E-state index in [1.807, 2.05) is 60.3 Å². The molecule has 1 fully saturated rings. The first-order valence-corrected chi connectivity index (χ1v) is 8.28. The predicted molar refractivity (Wildman–Crippen MR) is 96.4 cm³/mol. The summed E-state index contributed by atoms with van der Waals surface area (Å²) in [4.78, 5) is 25.6. The number of ketones is 1. The molecule has 0 spiro atoms. The molecule has 1 aromatic heterocycles. The SMILES string of the molecule is Cn1cc(C2(NC(=O)c3ccccc3)CNCC2=O)c2ccccc21. The molecule has 1 atom stereocenters. The largest absolute Gasteiger partial charge is 0.350 e. The number of hydrogen-bond donors (Lipinski definition) is 2. The first kappa shape index (κ1) is 15.6. The van der Waals surface area contributed by atoms with Crippen molar-refractivity contribution in [2.24, 2.45) is 7.05 Å². The van der Waals surface area contributed by atoms with E-state index in [0.29, 0.717) is 12.1 Å². The van der Waals surface area contributed by atoms with Crippen LogP contribution in [0, 0.1) is 0 Å². The molecule has 0 saturated carbocycles. The minimum absolute atomic E-state index is 0.0202. The Morgan fingerprint density at radius 2 is 1.84 bits per heavy atom. The molecule has 1 aliphatic heterocycles. The van der Waals surface area contributed by atoms with Crippen LogP contribution in [0.5, 0.6) is 0 Å². The van der Waals surface area contributed by atoms with Gasteiger partial charge in [0.2, 0.25) is 0 Å². The van der Waals surface area contributed by atoms with Crippen LogP contribution < -0.4 is 10.6 Å². The van der Waals surface area contributed by atoms with Gasteiger partial charge in [0.1, 0.15) is 5.54 Å². The molecule has 4 rings (SSSR count). The molecule has 25 heavy (non-hydrogen) atoms. The Kier molecular flexibility index (Phi) is 3.66. The Bertz CT molecular complexity index is 961. The van der Waals surface area contributed by atoms with Gasteiger partial charge in [-0.05, 0) is 18.2 Å². The number of hydrogen-bond acceptors (Lipinski definition) is 3. The van der Waals surface area contributed by atoms with Crippen LogP contribution in [-0.4, -0.2) is 29.3 Å². The quantitative estimate of drug-likeness (QED) is 0.770. The molecular weight excluding hydrogens is 314 g/mol. The number of benzene rings is 2. The summed E-state index contributed by atoms with van der Waals surface area (Å²) in [6, 6.07) is 16.9. The van der Waals surface area contributed by atoms with Crippen LogP contribution in [0.3, 0.4) is 0 Å². The number of nitrogens with one attached hydrogen (secondary N) is 2. The van der Waals surface area contributed by atoms with E-state index >= 15 is 0 Å². The zero-order valence-electron chi connectivity index (χ0n) is 14.0. The van der Waals surface area contributed by atoms with E-state index in [2.05, 4.69) is 10.6 Å². The minimum Gasteiger partial charge on any atom is -0.350 e. The molecule has 1 unspecified atom stereocenters. The standard InChI is InChI=1S/C20H19N3O2/c1-23-12-16(15-9-5-6-10-17(15)23)20(13-21-11-18(20)24)22-19(25)14-7-3-2-4-8-14/h2-10,12,21H,11,13H2,1H3,(H,22,25). The zero-order valence-corrected chi connectivity index (χ0v) is 14.0. The Hall–Kier alpha value is -2.92. The van der Waals surface area contributed by atoms with Gasteiger partial charge in [0, 0.05) is 41.8 Å². The number of nitrogens with zero attached hydrogens (tertiary/aromatic N) is 1. The number of Topliss-reactive ketones (excluding diaryl/α,β-unsaturated/α-hetero) is 1. The van der Waals surface area contributed by atoms with Gasteiger partial charge < -0.3 is 15.2 Å². The number of amides is 1. The smallest absolute Gasteiger partial charge is 0.252 e. The van der Waals surface area contributed by atoms with Crippen molar-refractivity contribution in [3.05, 3.63) is 71.9 Å². The monoisotopic (exact) mass is 333 g/mol. The van der Waals surface area contributed by atoms with Crippen LogP contribution in [0.25, 0.3) is 10.9 Å². The summed E-state index contributed by atoms with van der Waals surface area (Å²) >= 11 is 0. The third-order valence-corrected chi connectivity index (χ3v) is 4.87. The van der Waals surface area contributed by atoms with Gasteiger partial charge >= 0.3 is 0 Å². The van der Waals surface area contributed by atoms with Gasteiger partial charge in [0.25, 0.3) is 5.91 Å². The second kappa shape index (κ2) is 5.86. The number of carbonyl (C=O) groups excluding carboxylic acids is 2. The zero-order chi connectivity index (χ0) is 17.4. The molecular formula is C20H19N3O2. The van der Waals surface area contributed by atoms with Crippen LogP contribution in [0.15, 0.2) is 60.8 Å². The highest BCUT2D eigenvalue weighted by atomic mass is 16.2. The highest BCUT2D eigenvalue weighted by molar-refractivity contribution is 6.04. The van der Waals surface area contributed by atoms with E-state index < -0.39 is 5.54 Å². The minimum atomic E-state index is -1.05. The van der Waals surface area contributed by atoms with E-state index in [4.69, 9.17) is 0 Å². The van der Waals surface area contributed by atoms with Crippen LogP contribution in [0.1, 0.15) is 15.9 Å². The van der Waals surface area contributed by atoms with Crippen LogP contribution >= 0.6 is 0 Å². The number of aromatic nitrogens is 1. The summed E-state index contributed by atoms with van der Waals surface area (Å²) in [6.45, 7) is 0.636. The molecule has 5 heteroatoms. The lowest BCUT2D eigenvalue weighted by Crippen LogP contribution is -2.52. The van der Waals surface area contributed by atoms with E-state index in [1.165, 1.54) is 0 Å². The Labute approximate surface area is 145 Å². The van der Waals surface area contributed by atoms with Crippen molar-refractivity contribution in [2.75, 3.05) is 13.1 Å². The van der Waals surface area contributed by atoms with E-state index in [-0.39, 0.29) is 18.2 Å². The fourth-order valence-electron chi connectivity index (χ4n) is 3.58. The Morgan fingerprint density at radius 3 is 2.56 bits per heavy atom. The van der Waals surface area contributed by atoms with Gasteiger partial charge in [-0.1, -0.05) is 36.4 Å². The van der Waals surface area contributed by atoms with Gasteiger partial charge in [-0.25, -0.2) is 0 Å². The van der Waals surface area contributed by atoms with Gasteiger partial charge in [-0.2, -0.15) is 0 Å². The molecule has 1 saturated heterocycles. The Morgan fingerprint density at radius 1 is 1.12 bits per heavy atom. The molecule has 126 valence electrons. The van der Waals surface area contributed by atoms with Crippen LogP contribution in [-0.2, 0) is 17.4 Å². The predicted octanol–water partition coefficient (Wildman–Crippen LogP) is 1.98. The normalized spacial score (nSPS) is 20.1. The van der Waals surface area contributed by atoms with Crippen molar-refractivity contribution >= 4 is 22.6 Å². The molecule has 5 nitrogen and oxygen atoms in total. The lowest BCUT2D eigenvalue weighted by atomic mass is 9.87. The molecule has 1 aliphatic rings. The summed E-state index contributed by atoms with van der Waals surface area (Å²) in [5.74, 6) is -0.265. The third kappa shape index (κ3) is 2.44. The van der Waals surface area contributed by atoms with Crippen molar-refractivity contribution in [1.29, 1.82) is 0 Å². The molecule has 3 aromatic rings. The molecule has 0 bridgehead atoms. The topological polar surface area (TPSA) is 63.1 Å². The average Bonchev–Trinajstić information content (AvgIpc) is 3.17. The summed E-state index contributed by atoms with van der Waals surface area (Å²) in [6.07, 6.45) is 1.95. The molecule has 1 amide bonds. The summed E-state index contributed by atoms with van der Waals surface area (Å²) in [5.41, 5.74) is 1.37. The van der Waals surface area contributed by atoms with Gasteiger partial charge in [0.05, 0.1) is 6.54 Å². The Balaban J connectivity index is 1.83. The molecule has 0 aliphatic carbocycles. The molecule has 2 aromatic carbocycles. The molecule has 0 radical (unpaired) electrons. The number of carbonyl (C=O) groups is 2. The summed E-state index contributed by atoms with van der Waals surface area (Å²) < 4.78 is 1.99. The van der Waals surface area contributed by atoms with E-state index in [9.17, 15) is 9.59 Å². The highest BCUT2D eigenvalue weighted by Gasteiger charge is 2.46. The lowest BCUT2D eigenvalue weighted by Gasteiger charge is -2.28. The van der Waals surface area contributed by atoms with Gasteiger partial charge in [-0.3, -0.25) is 9.59 Å². The fourth-order valence-corrected chi connectivity index (χ4v) is 3.58. The fraction of sp³-hybridized carbons (Fsp3) is 0.200. The van der Waals surface area contributed by atoms with Crippen molar-refractivity contribution in [1.82, 2.24) is 15.2 Å². The highest BCUT2D eigenvalue weighted by Crippen LogP contribution is 2.33.